The Labute approximate surface area is 217 Å². The number of hydrogen-bond donors (Lipinski definition) is 0. The fourth-order valence-corrected chi connectivity index (χ4v) is 5.75. The first kappa shape index (κ1) is 27.2. The van der Waals surface area contributed by atoms with Gasteiger partial charge in [-0.05, 0) is 62.2 Å². The molecule has 0 N–H and O–H groups in total. The van der Waals surface area contributed by atoms with E-state index in [-0.39, 0.29) is 23.4 Å². The van der Waals surface area contributed by atoms with E-state index in [0.29, 0.717) is 19.6 Å². The van der Waals surface area contributed by atoms with Gasteiger partial charge >= 0.3 is 0 Å². The van der Waals surface area contributed by atoms with Gasteiger partial charge in [0.2, 0.25) is 15.9 Å². The highest BCUT2D eigenvalue weighted by atomic mass is 79.9. The molecular weight excluding hydrogens is 526 g/mol. The van der Waals surface area contributed by atoms with Gasteiger partial charge in [0.25, 0.3) is 0 Å². The molecule has 0 fully saturated rings. The molecule has 2 aromatic carbocycles. The summed E-state index contributed by atoms with van der Waals surface area (Å²) in [5, 5.41) is 0. The maximum absolute atomic E-state index is 13.5. The number of nitrogens with zero attached hydrogens (tertiary/aromatic N) is 3. The van der Waals surface area contributed by atoms with Crippen LogP contribution in [-0.4, -0.2) is 47.2 Å². The largest absolute Gasteiger partial charge is 0.345 e. The van der Waals surface area contributed by atoms with Gasteiger partial charge in [-0.15, -0.1) is 0 Å². The Balaban J connectivity index is 1.80. The van der Waals surface area contributed by atoms with E-state index in [0.717, 1.165) is 28.6 Å². The molecule has 0 unspecified atom stereocenters. The second-order valence-corrected chi connectivity index (χ2v) is 11.7. The van der Waals surface area contributed by atoms with E-state index in [1.165, 1.54) is 4.31 Å². The van der Waals surface area contributed by atoms with Crippen molar-refractivity contribution in [2.24, 2.45) is 0 Å². The quantitative estimate of drug-likeness (QED) is 0.293. The Hall–Kier alpha value is -2.42. The van der Waals surface area contributed by atoms with Gasteiger partial charge in [0.15, 0.2) is 0 Å². The average Bonchev–Trinajstić information content (AvgIpc) is 3.28. The summed E-state index contributed by atoms with van der Waals surface area (Å²) in [7, 11) is -3.79. The molecule has 0 radical (unpaired) electrons. The molecule has 35 heavy (non-hydrogen) atoms. The lowest BCUT2D eigenvalue weighted by Gasteiger charge is -2.29. The predicted molar refractivity (Wildman–Crippen MR) is 143 cm³/mol. The molecule has 1 amide bonds. The third kappa shape index (κ3) is 7.29. The highest BCUT2D eigenvalue weighted by molar-refractivity contribution is 9.10. The third-order valence-corrected chi connectivity index (χ3v) is 8.46. The topological polar surface area (TPSA) is 62.6 Å². The van der Waals surface area contributed by atoms with Crippen LogP contribution in [0.3, 0.4) is 0 Å². The van der Waals surface area contributed by atoms with Crippen LogP contribution in [0.5, 0.6) is 0 Å². The van der Waals surface area contributed by atoms with Crippen molar-refractivity contribution in [3.8, 4) is 0 Å². The van der Waals surface area contributed by atoms with Crippen LogP contribution in [0, 0.1) is 0 Å². The molecule has 188 valence electrons. The van der Waals surface area contributed by atoms with Gasteiger partial charge in [-0.2, -0.15) is 4.31 Å². The van der Waals surface area contributed by atoms with Crippen molar-refractivity contribution in [1.29, 1.82) is 0 Å². The van der Waals surface area contributed by atoms with Crippen molar-refractivity contribution in [1.82, 2.24) is 13.8 Å². The van der Waals surface area contributed by atoms with Crippen molar-refractivity contribution in [3.05, 3.63) is 88.7 Å². The summed E-state index contributed by atoms with van der Waals surface area (Å²) in [6.45, 7) is 7.20. The van der Waals surface area contributed by atoms with Gasteiger partial charge in [-0.3, -0.25) is 4.79 Å². The summed E-state index contributed by atoms with van der Waals surface area (Å²) in [5.41, 5.74) is 2.18. The van der Waals surface area contributed by atoms with Crippen LogP contribution < -0.4 is 0 Å². The lowest BCUT2D eigenvalue weighted by molar-refractivity contribution is -0.132. The molecule has 8 heteroatoms. The van der Waals surface area contributed by atoms with Gasteiger partial charge < -0.3 is 9.47 Å². The Kier molecular flexibility index (Phi) is 9.71. The molecule has 0 aliphatic rings. The number of benzene rings is 2. The maximum Gasteiger partial charge on any atom is 0.243 e. The minimum atomic E-state index is -3.79. The number of carbonyl (C=O) groups excluding carboxylic acids is 1. The maximum atomic E-state index is 13.5. The number of rotatable bonds is 12. The first-order valence-corrected chi connectivity index (χ1v) is 14.2. The standard InChI is InChI=1S/C27H34BrN3O3S/c1-4-5-17-30(20-25-10-9-18-29(25)19-23-13-15-24(28)16-14-23)27(32)21-31(22(2)3)35(33,34)26-11-7-6-8-12-26/h6-16,18,22H,4-5,17,19-21H2,1-3H3. The van der Waals surface area contributed by atoms with Crippen LogP contribution in [0.2, 0.25) is 0 Å². The number of carbonyl (C=O) groups is 1. The van der Waals surface area contributed by atoms with E-state index in [1.807, 2.05) is 30.5 Å². The average molecular weight is 561 g/mol. The van der Waals surface area contributed by atoms with Crippen molar-refractivity contribution in [3.63, 3.8) is 0 Å². The molecule has 0 aliphatic heterocycles. The molecule has 6 nitrogen and oxygen atoms in total. The highest BCUT2D eigenvalue weighted by Gasteiger charge is 2.30. The Morgan fingerprint density at radius 1 is 1.00 bits per heavy atom. The van der Waals surface area contributed by atoms with Crippen molar-refractivity contribution < 1.29 is 13.2 Å². The van der Waals surface area contributed by atoms with E-state index < -0.39 is 10.0 Å². The summed E-state index contributed by atoms with van der Waals surface area (Å²) in [5.74, 6) is -0.192. The van der Waals surface area contributed by atoms with Gasteiger partial charge in [0, 0.05) is 35.5 Å². The minimum Gasteiger partial charge on any atom is -0.345 e. The van der Waals surface area contributed by atoms with E-state index in [4.69, 9.17) is 0 Å². The van der Waals surface area contributed by atoms with E-state index in [1.54, 1.807) is 49.1 Å². The first-order valence-electron chi connectivity index (χ1n) is 12.0. The van der Waals surface area contributed by atoms with Gasteiger partial charge in [0.1, 0.15) is 0 Å². The minimum absolute atomic E-state index is 0.188. The molecular formula is C27H34BrN3O3S. The van der Waals surface area contributed by atoms with E-state index in [9.17, 15) is 13.2 Å². The molecule has 1 aromatic heterocycles. The Morgan fingerprint density at radius 2 is 1.69 bits per heavy atom. The summed E-state index contributed by atoms with van der Waals surface area (Å²) in [4.78, 5) is 15.5. The molecule has 3 rings (SSSR count). The van der Waals surface area contributed by atoms with Crippen LogP contribution in [-0.2, 0) is 27.9 Å². The van der Waals surface area contributed by atoms with Crippen LogP contribution in [0.1, 0.15) is 44.9 Å². The number of halogens is 1. The van der Waals surface area contributed by atoms with E-state index in [2.05, 4.69) is 39.6 Å². The fraction of sp³-hybridized carbons (Fsp3) is 0.370. The Morgan fingerprint density at radius 3 is 2.31 bits per heavy atom. The zero-order valence-corrected chi connectivity index (χ0v) is 23.0. The number of sulfonamides is 1. The second kappa shape index (κ2) is 12.5. The number of hydrogen-bond acceptors (Lipinski definition) is 3. The van der Waals surface area contributed by atoms with Crippen LogP contribution in [0.15, 0.2) is 82.3 Å². The van der Waals surface area contributed by atoms with Crippen LogP contribution in [0.4, 0.5) is 0 Å². The zero-order chi connectivity index (χ0) is 25.4. The first-order chi connectivity index (χ1) is 16.7. The molecule has 0 saturated carbocycles. The van der Waals surface area contributed by atoms with Crippen LogP contribution in [0.25, 0.3) is 0 Å². The molecule has 0 atom stereocenters. The summed E-state index contributed by atoms with van der Waals surface area (Å²) in [6, 6.07) is 20.1. The van der Waals surface area contributed by atoms with Crippen LogP contribution >= 0.6 is 15.9 Å². The van der Waals surface area contributed by atoms with Crippen molar-refractivity contribution in [2.75, 3.05) is 13.1 Å². The molecule has 0 bridgehead atoms. The van der Waals surface area contributed by atoms with E-state index >= 15 is 0 Å². The van der Waals surface area contributed by atoms with Gasteiger partial charge in [-0.25, -0.2) is 8.42 Å². The third-order valence-electron chi connectivity index (χ3n) is 5.89. The molecule has 0 aliphatic carbocycles. The molecule has 0 spiro atoms. The van der Waals surface area contributed by atoms with Gasteiger partial charge in [0.05, 0.1) is 18.0 Å². The number of aromatic nitrogens is 1. The smallest absolute Gasteiger partial charge is 0.243 e. The molecule has 3 aromatic rings. The number of unbranched alkanes of at least 4 members (excludes halogenated alkanes) is 1. The summed E-state index contributed by atoms with van der Waals surface area (Å²) >= 11 is 3.47. The highest BCUT2D eigenvalue weighted by Crippen LogP contribution is 2.19. The predicted octanol–water partition coefficient (Wildman–Crippen LogP) is 5.53. The second-order valence-electron chi connectivity index (χ2n) is 8.88. The SMILES string of the molecule is CCCCN(Cc1cccn1Cc1ccc(Br)cc1)C(=O)CN(C(C)C)S(=O)(=O)c1ccccc1. The van der Waals surface area contributed by atoms with Crippen molar-refractivity contribution in [2.45, 2.75) is 57.6 Å². The monoisotopic (exact) mass is 559 g/mol. The van der Waals surface area contributed by atoms with Crippen molar-refractivity contribution >= 4 is 31.9 Å². The molecule has 0 saturated heterocycles. The van der Waals surface area contributed by atoms with Gasteiger partial charge in [-0.1, -0.05) is 59.6 Å². The fourth-order valence-electron chi connectivity index (χ4n) is 3.88. The molecule has 1 heterocycles. The summed E-state index contributed by atoms with van der Waals surface area (Å²) in [6.07, 6.45) is 3.81. The lowest BCUT2D eigenvalue weighted by Crippen LogP contribution is -2.46. The normalized spacial score (nSPS) is 11.8. The number of amides is 1. The summed E-state index contributed by atoms with van der Waals surface area (Å²) < 4.78 is 31.0. The lowest BCUT2D eigenvalue weighted by atomic mass is 10.2. The zero-order valence-electron chi connectivity index (χ0n) is 20.6. The Bertz CT molecular complexity index is 1190.